The van der Waals surface area contributed by atoms with Crippen molar-refractivity contribution in [1.82, 2.24) is 0 Å². The van der Waals surface area contributed by atoms with Crippen LogP contribution in [-0.4, -0.2) is 26.5 Å². The minimum absolute atomic E-state index is 0.0878. The molecule has 0 saturated carbocycles. The summed E-state index contributed by atoms with van der Waals surface area (Å²) in [6, 6.07) is 14.5. The largest absolute Gasteiger partial charge is 0.378 e. The second kappa shape index (κ2) is 5.92. The van der Waals surface area contributed by atoms with E-state index in [0.717, 1.165) is 28.1 Å². The molecule has 0 spiro atoms. The molecular formula is C20H22N2O. The molecule has 1 aliphatic rings. The summed E-state index contributed by atoms with van der Waals surface area (Å²) in [5, 5.41) is 0. The van der Waals surface area contributed by atoms with Crippen molar-refractivity contribution in [3.63, 3.8) is 0 Å². The highest BCUT2D eigenvalue weighted by atomic mass is 16.2. The molecule has 0 radical (unpaired) electrons. The number of carbonyl (C=O) groups is 1. The van der Waals surface area contributed by atoms with E-state index in [1.165, 1.54) is 5.56 Å². The van der Waals surface area contributed by atoms with Crippen molar-refractivity contribution in [1.29, 1.82) is 0 Å². The molecule has 0 N–H and O–H groups in total. The van der Waals surface area contributed by atoms with Crippen LogP contribution in [-0.2, 0) is 4.79 Å². The van der Waals surface area contributed by atoms with Crippen LogP contribution in [0.2, 0.25) is 0 Å². The van der Waals surface area contributed by atoms with Gasteiger partial charge in [0, 0.05) is 37.5 Å². The SMILES string of the molecule is CCN1C(=O)/C(=C\c2ccc(N(C)C)cc2)c2ccc(C)cc21. The second-order valence-corrected chi connectivity index (χ2v) is 6.11. The molecule has 3 heteroatoms. The molecule has 0 saturated heterocycles. The van der Waals surface area contributed by atoms with Gasteiger partial charge in [-0.05, 0) is 49.2 Å². The molecule has 0 unspecified atom stereocenters. The summed E-state index contributed by atoms with van der Waals surface area (Å²) in [6.45, 7) is 4.76. The zero-order chi connectivity index (χ0) is 16.6. The van der Waals surface area contributed by atoms with E-state index in [9.17, 15) is 4.79 Å². The first-order valence-electron chi connectivity index (χ1n) is 7.93. The Morgan fingerprint density at radius 1 is 1.09 bits per heavy atom. The van der Waals surface area contributed by atoms with Crippen molar-refractivity contribution >= 4 is 28.9 Å². The number of rotatable bonds is 3. The number of anilines is 2. The van der Waals surface area contributed by atoms with Crippen LogP contribution >= 0.6 is 0 Å². The quantitative estimate of drug-likeness (QED) is 0.801. The van der Waals surface area contributed by atoms with Gasteiger partial charge in [0.2, 0.25) is 0 Å². The lowest BCUT2D eigenvalue weighted by Crippen LogP contribution is -2.25. The lowest BCUT2D eigenvalue weighted by Gasteiger charge is -2.14. The molecule has 0 atom stereocenters. The standard InChI is InChI=1S/C20H22N2O/c1-5-22-19-12-14(2)6-11-17(19)18(20(22)23)13-15-7-9-16(10-8-15)21(3)4/h6-13H,5H2,1-4H3/b18-13-. The molecule has 23 heavy (non-hydrogen) atoms. The first kappa shape index (κ1) is 15.3. The molecule has 1 aliphatic heterocycles. The van der Waals surface area contributed by atoms with E-state index in [1.807, 2.05) is 32.0 Å². The number of amides is 1. The summed E-state index contributed by atoms with van der Waals surface area (Å²) in [6.07, 6.45) is 1.99. The number of hydrogen-bond acceptors (Lipinski definition) is 2. The van der Waals surface area contributed by atoms with E-state index in [-0.39, 0.29) is 5.91 Å². The zero-order valence-corrected chi connectivity index (χ0v) is 14.1. The van der Waals surface area contributed by atoms with Crippen LogP contribution in [0.25, 0.3) is 11.6 Å². The average Bonchev–Trinajstić information content (AvgIpc) is 2.79. The van der Waals surface area contributed by atoms with E-state index in [0.29, 0.717) is 6.54 Å². The van der Waals surface area contributed by atoms with Crippen LogP contribution in [0.1, 0.15) is 23.6 Å². The van der Waals surface area contributed by atoms with Gasteiger partial charge in [0.1, 0.15) is 0 Å². The fourth-order valence-corrected chi connectivity index (χ4v) is 2.95. The molecule has 1 amide bonds. The minimum atomic E-state index is 0.0878. The molecule has 2 aromatic carbocycles. The fraction of sp³-hybridized carbons (Fsp3) is 0.250. The molecular weight excluding hydrogens is 284 g/mol. The van der Waals surface area contributed by atoms with Crippen LogP contribution in [0, 0.1) is 6.92 Å². The first-order chi connectivity index (χ1) is 11.0. The van der Waals surface area contributed by atoms with Gasteiger partial charge in [-0.25, -0.2) is 0 Å². The molecule has 0 bridgehead atoms. The lowest BCUT2D eigenvalue weighted by atomic mass is 10.0. The number of nitrogens with zero attached hydrogens (tertiary/aromatic N) is 2. The van der Waals surface area contributed by atoms with E-state index in [4.69, 9.17) is 0 Å². The average molecular weight is 306 g/mol. The summed E-state index contributed by atoms with van der Waals surface area (Å²) in [5.41, 5.74) is 6.19. The van der Waals surface area contributed by atoms with Gasteiger partial charge in [0.25, 0.3) is 5.91 Å². The van der Waals surface area contributed by atoms with Gasteiger partial charge in [-0.1, -0.05) is 24.3 Å². The Morgan fingerprint density at radius 3 is 2.39 bits per heavy atom. The highest BCUT2D eigenvalue weighted by molar-refractivity contribution is 6.35. The molecule has 0 aliphatic carbocycles. The van der Waals surface area contributed by atoms with Crippen LogP contribution in [0.3, 0.4) is 0 Å². The van der Waals surface area contributed by atoms with Gasteiger partial charge in [-0.3, -0.25) is 4.79 Å². The van der Waals surface area contributed by atoms with Gasteiger partial charge in [-0.2, -0.15) is 0 Å². The molecule has 0 fully saturated rings. The van der Waals surface area contributed by atoms with Gasteiger partial charge < -0.3 is 9.80 Å². The van der Waals surface area contributed by atoms with Crippen molar-refractivity contribution in [3.05, 3.63) is 59.2 Å². The maximum absolute atomic E-state index is 12.7. The highest BCUT2D eigenvalue weighted by Crippen LogP contribution is 2.38. The fourth-order valence-electron chi connectivity index (χ4n) is 2.95. The van der Waals surface area contributed by atoms with Crippen LogP contribution in [0.5, 0.6) is 0 Å². The number of aryl methyl sites for hydroxylation is 1. The minimum Gasteiger partial charge on any atom is -0.378 e. The third-order valence-electron chi connectivity index (χ3n) is 4.25. The predicted octanol–water partition coefficient (Wildman–Crippen LogP) is 3.97. The Balaban J connectivity index is 2.04. The number of likely N-dealkylation sites (N-methyl/N-ethyl adjacent to an activating group) is 1. The predicted molar refractivity (Wildman–Crippen MR) is 97.8 cm³/mol. The van der Waals surface area contributed by atoms with Crippen molar-refractivity contribution in [2.24, 2.45) is 0 Å². The van der Waals surface area contributed by atoms with Gasteiger partial charge in [0.05, 0.1) is 5.69 Å². The Bertz CT molecular complexity index is 773. The molecule has 118 valence electrons. The Morgan fingerprint density at radius 2 is 1.78 bits per heavy atom. The normalized spacial score (nSPS) is 15.2. The molecule has 1 heterocycles. The van der Waals surface area contributed by atoms with E-state index < -0.39 is 0 Å². The zero-order valence-electron chi connectivity index (χ0n) is 14.1. The third-order valence-corrected chi connectivity index (χ3v) is 4.25. The third kappa shape index (κ3) is 2.74. The van der Waals surface area contributed by atoms with Gasteiger partial charge in [-0.15, -0.1) is 0 Å². The molecule has 3 rings (SSSR count). The summed E-state index contributed by atoms with van der Waals surface area (Å²) >= 11 is 0. The number of benzene rings is 2. The van der Waals surface area contributed by atoms with Crippen LogP contribution in [0.15, 0.2) is 42.5 Å². The topological polar surface area (TPSA) is 23.6 Å². The van der Waals surface area contributed by atoms with Crippen molar-refractivity contribution < 1.29 is 4.79 Å². The van der Waals surface area contributed by atoms with E-state index in [1.54, 1.807) is 0 Å². The lowest BCUT2D eigenvalue weighted by molar-refractivity contribution is -0.112. The molecule has 0 aromatic heterocycles. The molecule has 2 aromatic rings. The number of carbonyl (C=O) groups excluding carboxylic acids is 1. The first-order valence-corrected chi connectivity index (χ1v) is 7.93. The maximum atomic E-state index is 12.7. The van der Waals surface area contributed by atoms with Gasteiger partial charge in [0.15, 0.2) is 0 Å². The van der Waals surface area contributed by atoms with Gasteiger partial charge >= 0.3 is 0 Å². The van der Waals surface area contributed by atoms with Crippen molar-refractivity contribution in [3.8, 4) is 0 Å². The maximum Gasteiger partial charge on any atom is 0.258 e. The molecule has 3 nitrogen and oxygen atoms in total. The van der Waals surface area contributed by atoms with Crippen LogP contribution < -0.4 is 9.80 Å². The Hall–Kier alpha value is -2.55. The monoisotopic (exact) mass is 306 g/mol. The summed E-state index contributed by atoms with van der Waals surface area (Å²) in [5.74, 6) is 0.0878. The van der Waals surface area contributed by atoms with Crippen molar-refractivity contribution in [2.75, 3.05) is 30.4 Å². The number of hydrogen-bond donors (Lipinski definition) is 0. The van der Waals surface area contributed by atoms with E-state index in [2.05, 4.69) is 54.3 Å². The summed E-state index contributed by atoms with van der Waals surface area (Å²) in [4.78, 5) is 16.6. The summed E-state index contributed by atoms with van der Waals surface area (Å²) < 4.78 is 0. The Kier molecular flexibility index (Phi) is 3.95. The van der Waals surface area contributed by atoms with E-state index >= 15 is 0 Å². The number of fused-ring (bicyclic) bond motifs is 1. The smallest absolute Gasteiger partial charge is 0.258 e. The van der Waals surface area contributed by atoms with Crippen molar-refractivity contribution in [2.45, 2.75) is 13.8 Å². The van der Waals surface area contributed by atoms with Crippen LogP contribution in [0.4, 0.5) is 11.4 Å². The second-order valence-electron chi connectivity index (χ2n) is 6.11. The summed E-state index contributed by atoms with van der Waals surface area (Å²) in [7, 11) is 4.04. The highest BCUT2D eigenvalue weighted by Gasteiger charge is 2.31. The Labute approximate surface area is 137 Å².